The highest BCUT2D eigenvalue weighted by molar-refractivity contribution is 9.10. The summed E-state index contributed by atoms with van der Waals surface area (Å²) in [5.74, 6) is 0.313. The monoisotopic (exact) mass is 395 g/mol. The molecule has 0 aliphatic heterocycles. The molecular weight excluding hydrogens is 370 g/mol. The van der Waals surface area contributed by atoms with Crippen LogP contribution < -0.4 is 10.6 Å². The van der Waals surface area contributed by atoms with Crippen molar-refractivity contribution in [2.45, 2.75) is 39.2 Å². The van der Waals surface area contributed by atoms with E-state index in [1.807, 2.05) is 24.3 Å². The highest BCUT2D eigenvalue weighted by Gasteiger charge is 2.30. The van der Waals surface area contributed by atoms with Crippen molar-refractivity contribution in [3.05, 3.63) is 28.7 Å². The van der Waals surface area contributed by atoms with Crippen LogP contribution in [0.25, 0.3) is 0 Å². The highest BCUT2D eigenvalue weighted by Crippen LogP contribution is 2.27. The quantitative estimate of drug-likeness (QED) is 0.675. The number of hydrogen-bond acceptors (Lipinski definition) is 3. The highest BCUT2D eigenvalue weighted by atomic mass is 79.9. The normalized spacial score (nSPS) is 14.0. The average Bonchev–Trinajstić information content (AvgIpc) is 3.36. The number of carbonyl (C=O) groups is 2. The lowest BCUT2D eigenvalue weighted by Crippen LogP contribution is -2.41. The van der Waals surface area contributed by atoms with E-state index in [9.17, 15) is 9.59 Å². The molecule has 6 heteroatoms. The van der Waals surface area contributed by atoms with E-state index in [-0.39, 0.29) is 18.4 Å². The van der Waals surface area contributed by atoms with E-state index in [1.54, 1.807) is 0 Å². The molecule has 1 aromatic rings. The molecule has 0 heterocycles. The van der Waals surface area contributed by atoms with Gasteiger partial charge in [0.2, 0.25) is 11.8 Å². The van der Waals surface area contributed by atoms with Crippen LogP contribution in [0.4, 0.5) is 5.69 Å². The van der Waals surface area contributed by atoms with E-state index < -0.39 is 0 Å². The number of rotatable bonds is 9. The Morgan fingerprint density at radius 3 is 2.58 bits per heavy atom. The fourth-order valence-electron chi connectivity index (χ4n) is 2.43. The third-order valence-corrected chi connectivity index (χ3v) is 4.69. The lowest BCUT2D eigenvalue weighted by atomic mass is 10.1. The Hall–Kier alpha value is -1.40. The summed E-state index contributed by atoms with van der Waals surface area (Å²) in [6.07, 6.45) is 3.44. The first kappa shape index (κ1) is 18.9. The molecule has 0 atom stereocenters. The molecule has 132 valence electrons. The van der Waals surface area contributed by atoms with Crippen molar-refractivity contribution in [3.8, 4) is 0 Å². The molecule has 1 aromatic carbocycles. The Bertz CT molecular complexity index is 573. The van der Waals surface area contributed by atoms with Crippen LogP contribution in [0.2, 0.25) is 0 Å². The molecule has 2 amide bonds. The number of halogens is 1. The van der Waals surface area contributed by atoms with E-state index in [2.05, 4.69) is 45.3 Å². The van der Waals surface area contributed by atoms with Gasteiger partial charge in [-0.15, -0.1) is 0 Å². The largest absolute Gasteiger partial charge is 0.346 e. The van der Waals surface area contributed by atoms with Crippen molar-refractivity contribution in [3.63, 3.8) is 0 Å². The Balaban J connectivity index is 1.73. The molecular formula is C18H26BrN3O2. The maximum Gasteiger partial charge on any atom is 0.243 e. The van der Waals surface area contributed by atoms with Crippen molar-refractivity contribution < 1.29 is 9.59 Å². The summed E-state index contributed by atoms with van der Waals surface area (Å²) in [7, 11) is 0. The predicted octanol–water partition coefficient (Wildman–Crippen LogP) is 3.01. The van der Waals surface area contributed by atoms with Crippen LogP contribution in [0, 0.1) is 5.92 Å². The Morgan fingerprint density at radius 2 is 1.96 bits per heavy atom. The Morgan fingerprint density at radius 1 is 1.25 bits per heavy atom. The van der Waals surface area contributed by atoms with E-state index in [1.165, 1.54) is 12.8 Å². The zero-order valence-electron chi connectivity index (χ0n) is 14.3. The molecule has 2 rings (SSSR count). The van der Waals surface area contributed by atoms with Crippen molar-refractivity contribution in [2.75, 3.05) is 25.0 Å². The first-order valence-electron chi connectivity index (χ1n) is 8.51. The molecule has 0 radical (unpaired) electrons. The number of carbonyl (C=O) groups excluding carboxylic acids is 2. The molecule has 0 aromatic heterocycles. The van der Waals surface area contributed by atoms with Gasteiger partial charge >= 0.3 is 0 Å². The van der Waals surface area contributed by atoms with Gasteiger partial charge in [0.05, 0.1) is 18.8 Å². The van der Waals surface area contributed by atoms with Crippen molar-refractivity contribution in [1.82, 2.24) is 10.2 Å². The fraction of sp³-hybridized carbons (Fsp3) is 0.556. The van der Waals surface area contributed by atoms with Gasteiger partial charge in [-0.25, -0.2) is 0 Å². The molecule has 0 saturated heterocycles. The minimum atomic E-state index is -0.226. The lowest BCUT2D eigenvalue weighted by Gasteiger charge is -2.22. The van der Waals surface area contributed by atoms with E-state index in [4.69, 9.17) is 0 Å². The first-order chi connectivity index (χ1) is 11.5. The molecule has 1 aliphatic rings. The Labute approximate surface area is 152 Å². The maximum atomic E-state index is 12.1. The topological polar surface area (TPSA) is 61.4 Å². The molecule has 24 heavy (non-hydrogen) atoms. The van der Waals surface area contributed by atoms with Gasteiger partial charge in [-0.05, 0) is 59.8 Å². The van der Waals surface area contributed by atoms with Crippen LogP contribution in [0.15, 0.2) is 28.7 Å². The summed E-state index contributed by atoms with van der Waals surface area (Å²) in [6, 6.07) is 7.94. The van der Waals surface area contributed by atoms with E-state index in [0.717, 1.165) is 17.4 Å². The van der Waals surface area contributed by atoms with Gasteiger partial charge in [-0.3, -0.25) is 14.5 Å². The van der Waals surface area contributed by atoms with Crippen LogP contribution in [0.5, 0.6) is 0 Å². The van der Waals surface area contributed by atoms with Gasteiger partial charge in [0, 0.05) is 10.5 Å². The summed E-state index contributed by atoms with van der Waals surface area (Å²) in [6.45, 7) is 5.69. The van der Waals surface area contributed by atoms with E-state index in [0.29, 0.717) is 24.2 Å². The molecule has 1 saturated carbocycles. The van der Waals surface area contributed by atoms with Gasteiger partial charge < -0.3 is 10.6 Å². The minimum absolute atomic E-state index is 0.0111. The second-order valence-corrected chi connectivity index (χ2v) is 7.54. The second kappa shape index (κ2) is 9.18. The maximum absolute atomic E-state index is 12.1. The minimum Gasteiger partial charge on any atom is -0.346 e. The molecule has 0 unspecified atom stereocenters. The molecule has 1 aliphatic carbocycles. The third kappa shape index (κ3) is 6.61. The molecule has 5 nitrogen and oxygen atoms in total. The van der Waals surface area contributed by atoms with Crippen molar-refractivity contribution in [1.29, 1.82) is 0 Å². The number of nitrogens with one attached hydrogen (secondary N) is 2. The molecule has 2 N–H and O–H groups in total. The van der Waals surface area contributed by atoms with Gasteiger partial charge in [0.25, 0.3) is 0 Å². The average molecular weight is 396 g/mol. The number of benzene rings is 1. The predicted molar refractivity (Wildman–Crippen MR) is 99.8 cm³/mol. The van der Waals surface area contributed by atoms with E-state index >= 15 is 0 Å². The number of hydrogen-bond donors (Lipinski definition) is 2. The number of anilines is 1. The summed E-state index contributed by atoms with van der Waals surface area (Å²) >= 11 is 3.38. The summed E-state index contributed by atoms with van der Waals surface area (Å²) < 4.78 is 0.818. The number of nitrogens with zero attached hydrogens (tertiary/aromatic N) is 1. The van der Waals surface area contributed by atoms with Crippen LogP contribution in [-0.2, 0) is 9.59 Å². The number of amides is 2. The third-order valence-electron chi connectivity index (χ3n) is 4.00. The summed E-state index contributed by atoms with van der Waals surface area (Å²) in [4.78, 5) is 26.3. The van der Waals surface area contributed by atoms with Gasteiger partial charge in [-0.1, -0.05) is 26.0 Å². The zero-order chi connectivity index (χ0) is 17.5. The number of para-hydroxylation sites is 1. The van der Waals surface area contributed by atoms with Gasteiger partial charge in [-0.2, -0.15) is 0 Å². The SMILES string of the molecule is CC(C)CCN(CC(=O)NCC(=O)Nc1ccccc1Br)C1CC1. The standard InChI is InChI=1S/C18H26BrN3O2/c1-13(2)9-10-22(14-7-8-14)12-18(24)20-11-17(23)21-16-6-4-3-5-15(16)19/h3-6,13-14H,7-12H2,1-2H3,(H,20,24)(H,21,23). The molecule has 0 spiro atoms. The van der Waals surface area contributed by atoms with Gasteiger partial charge in [0.1, 0.15) is 0 Å². The van der Waals surface area contributed by atoms with Crippen LogP contribution in [0.1, 0.15) is 33.1 Å². The smallest absolute Gasteiger partial charge is 0.243 e. The first-order valence-corrected chi connectivity index (χ1v) is 9.30. The van der Waals surface area contributed by atoms with Crippen molar-refractivity contribution in [2.24, 2.45) is 5.92 Å². The summed E-state index contributed by atoms with van der Waals surface area (Å²) in [5, 5.41) is 5.49. The van der Waals surface area contributed by atoms with Crippen molar-refractivity contribution >= 4 is 33.4 Å². The zero-order valence-corrected chi connectivity index (χ0v) is 15.9. The van der Waals surface area contributed by atoms with Crippen LogP contribution >= 0.6 is 15.9 Å². The second-order valence-electron chi connectivity index (χ2n) is 6.69. The Kier molecular flexibility index (Phi) is 7.24. The molecule has 1 fully saturated rings. The van der Waals surface area contributed by atoms with Crippen LogP contribution in [0.3, 0.4) is 0 Å². The van der Waals surface area contributed by atoms with Gasteiger partial charge in [0.15, 0.2) is 0 Å². The lowest BCUT2D eigenvalue weighted by molar-refractivity contribution is -0.125. The summed E-state index contributed by atoms with van der Waals surface area (Å²) in [5.41, 5.74) is 0.702. The van der Waals surface area contributed by atoms with Crippen LogP contribution in [-0.4, -0.2) is 42.4 Å². The molecule has 0 bridgehead atoms. The fourth-order valence-corrected chi connectivity index (χ4v) is 2.81.